The van der Waals surface area contributed by atoms with E-state index in [4.69, 9.17) is 4.74 Å². The zero-order valence-corrected chi connectivity index (χ0v) is 21.0. The molecule has 0 saturated carbocycles. The number of nitrogens with one attached hydrogen (secondary N) is 1. The number of carbonyl (C=O) groups excluding carboxylic acids is 2. The summed E-state index contributed by atoms with van der Waals surface area (Å²) in [7, 11) is 0. The van der Waals surface area contributed by atoms with Crippen molar-refractivity contribution >= 4 is 23.5 Å². The molecule has 0 fully saturated rings. The predicted molar refractivity (Wildman–Crippen MR) is 135 cm³/mol. The van der Waals surface area contributed by atoms with Crippen molar-refractivity contribution in [1.82, 2.24) is 5.32 Å². The fourth-order valence-corrected chi connectivity index (χ4v) is 7.17. The molecule has 0 aromatic heterocycles. The lowest BCUT2D eigenvalue weighted by Gasteiger charge is -2.58. The van der Waals surface area contributed by atoms with Crippen molar-refractivity contribution in [3.8, 4) is 5.75 Å². The van der Waals surface area contributed by atoms with Gasteiger partial charge in [-0.25, -0.2) is 0 Å². The predicted octanol–water partition coefficient (Wildman–Crippen LogP) is 5.27. The average Bonchev–Trinajstić information content (AvgIpc) is 3.11. The van der Waals surface area contributed by atoms with E-state index in [-0.39, 0.29) is 11.7 Å². The molecule has 6 rings (SSSR count). The molecule has 5 nitrogen and oxygen atoms in total. The molecule has 6 heteroatoms. The third-order valence-electron chi connectivity index (χ3n) is 8.23. The summed E-state index contributed by atoms with van der Waals surface area (Å²) in [4.78, 5) is 27.9. The van der Waals surface area contributed by atoms with Crippen LogP contribution in [0.2, 0.25) is 0 Å². The van der Waals surface area contributed by atoms with E-state index in [0.717, 1.165) is 21.6 Å². The smallest absolute Gasteiger partial charge is 0.254 e. The number of hydrogen-bond acceptors (Lipinski definition) is 5. The summed E-state index contributed by atoms with van der Waals surface area (Å²) in [6.45, 7) is 8.22. The van der Waals surface area contributed by atoms with Crippen LogP contribution in [0.1, 0.15) is 55.4 Å². The largest absolute Gasteiger partial charge is 0.477 e. The van der Waals surface area contributed by atoms with Crippen LogP contribution in [0.5, 0.6) is 5.75 Å². The molecule has 1 amide bonds. The van der Waals surface area contributed by atoms with Crippen LogP contribution >= 0.6 is 11.8 Å². The van der Waals surface area contributed by atoms with Crippen molar-refractivity contribution in [2.45, 2.75) is 50.8 Å². The number of benzene rings is 2. The van der Waals surface area contributed by atoms with Gasteiger partial charge in [-0.05, 0) is 62.6 Å². The molecule has 3 atom stereocenters. The van der Waals surface area contributed by atoms with Crippen LogP contribution in [-0.4, -0.2) is 22.4 Å². The summed E-state index contributed by atoms with van der Waals surface area (Å²) >= 11 is 1.46. The highest BCUT2D eigenvalue weighted by molar-refractivity contribution is 8.04. The summed E-state index contributed by atoms with van der Waals surface area (Å²) in [5.74, 6) is 0.287. The summed E-state index contributed by atoms with van der Waals surface area (Å²) in [5.41, 5.74) is 1.72. The van der Waals surface area contributed by atoms with Crippen molar-refractivity contribution < 1.29 is 19.4 Å². The van der Waals surface area contributed by atoms with E-state index < -0.39 is 22.7 Å². The van der Waals surface area contributed by atoms with Gasteiger partial charge in [-0.3, -0.25) is 9.59 Å². The van der Waals surface area contributed by atoms with Gasteiger partial charge in [0.25, 0.3) is 5.91 Å². The molecule has 0 radical (unpaired) electrons. The Kier molecular flexibility index (Phi) is 4.61. The van der Waals surface area contributed by atoms with Crippen molar-refractivity contribution in [3.05, 3.63) is 93.4 Å². The number of aliphatic hydroxyl groups is 1. The van der Waals surface area contributed by atoms with Crippen LogP contribution in [-0.2, 0) is 11.2 Å². The third-order valence-corrected chi connectivity index (χ3v) is 9.26. The van der Waals surface area contributed by atoms with Gasteiger partial charge in [0.1, 0.15) is 5.75 Å². The minimum Gasteiger partial charge on any atom is -0.477 e. The van der Waals surface area contributed by atoms with Gasteiger partial charge in [0, 0.05) is 10.3 Å². The molecule has 2 N–H and O–H groups in total. The van der Waals surface area contributed by atoms with Crippen molar-refractivity contribution in [2.75, 3.05) is 0 Å². The van der Waals surface area contributed by atoms with E-state index >= 15 is 0 Å². The molecule has 1 spiro atoms. The Balaban J connectivity index is 1.61. The lowest BCUT2D eigenvalue weighted by molar-refractivity contribution is -0.124. The molecule has 2 aromatic carbocycles. The maximum Gasteiger partial charge on any atom is 0.254 e. The number of thioether (sulfide) groups is 1. The minimum absolute atomic E-state index is 0.0584. The van der Waals surface area contributed by atoms with E-state index in [9.17, 15) is 14.7 Å². The first-order valence-corrected chi connectivity index (χ1v) is 12.6. The van der Waals surface area contributed by atoms with Gasteiger partial charge in [0.05, 0.1) is 21.4 Å². The number of Topliss-reactive ketones (excluding diaryl/α,β-unsaturated/α-hetero) is 1. The number of allylic oxidation sites excluding steroid dienone is 3. The number of fused-ring (bicyclic) bond motifs is 3. The molecule has 2 aliphatic carbocycles. The van der Waals surface area contributed by atoms with Gasteiger partial charge in [-0.15, -0.1) is 0 Å². The van der Waals surface area contributed by atoms with E-state index in [1.165, 1.54) is 11.8 Å². The van der Waals surface area contributed by atoms with Gasteiger partial charge in [0.15, 0.2) is 17.6 Å². The maximum atomic E-state index is 13.8. The Hall–Kier alpha value is -3.09. The highest BCUT2D eigenvalue weighted by Crippen LogP contribution is 2.62. The molecular formula is C29H27NO4S. The Morgan fingerprint density at radius 3 is 2.54 bits per heavy atom. The number of aliphatic hydroxyl groups excluding tert-OH is 1. The number of ether oxygens (including phenoxy) is 1. The molecule has 0 bridgehead atoms. The van der Waals surface area contributed by atoms with Gasteiger partial charge in [-0.2, -0.15) is 0 Å². The summed E-state index contributed by atoms with van der Waals surface area (Å²) in [5, 5.41) is 13.3. The Bertz CT molecular complexity index is 1400. The first kappa shape index (κ1) is 22.4. The minimum atomic E-state index is -1.12. The Labute approximate surface area is 209 Å². The topological polar surface area (TPSA) is 75.6 Å². The standard InChI is InChI=1S/C29H27NO4S/c1-16-10-13-21-27(2,3)24(31)20(35-18-8-6-5-7-9-18)15-29(21)28(16,4)14-17-11-12-19-22(23(17)34-29)26(33)30-25(19)32/h5-13,15,26,33H,14H2,1-4H3,(H,30,32). The zero-order chi connectivity index (χ0) is 24.8. The van der Waals surface area contributed by atoms with Gasteiger partial charge >= 0.3 is 0 Å². The zero-order valence-electron chi connectivity index (χ0n) is 20.1. The Morgan fingerprint density at radius 2 is 1.80 bits per heavy atom. The highest BCUT2D eigenvalue weighted by Gasteiger charge is 2.63. The van der Waals surface area contributed by atoms with Crippen LogP contribution in [0.25, 0.3) is 0 Å². The Morgan fingerprint density at radius 1 is 1.06 bits per heavy atom. The highest BCUT2D eigenvalue weighted by atomic mass is 32.2. The van der Waals surface area contributed by atoms with Gasteiger partial charge in [0.2, 0.25) is 0 Å². The van der Waals surface area contributed by atoms with Crippen LogP contribution in [0.3, 0.4) is 0 Å². The fraction of sp³-hybridized carbons (Fsp3) is 0.310. The molecule has 2 heterocycles. The first-order valence-electron chi connectivity index (χ1n) is 11.8. The van der Waals surface area contributed by atoms with E-state index in [2.05, 4.69) is 25.2 Å². The summed E-state index contributed by atoms with van der Waals surface area (Å²) in [6, 6.07) is 13.6. The van der Waals surface area contributed by atoms with Crippen LogP contribution in [0, 0.1) is 10.8 Å². The van der Waals surface area contributed by atoms with Crippen LogP contribution < -0.4 is 10.1 Å². The molecule has 0 saturated heterocycles. The number of rotatable bonds is 2. The number of ketones is 1. The molecule has 3 unspecified atom stereocenters. The number of carbonyl (C=O) groups is 2. The van der Waals surface area contributed by atoms with E-state index in [1.54, 1.807) is 6.07 Å². The van der Waals surface area contributed by atoms with Crippen molar-refractivity contribution in [2.24, 2.45) is 10.8 Å². The van der Waals surface area contributed by atoms with E-state index in [1.807, 2.05) is 62.4 Å². The lowest BCUT2D eigenvalue weighted by Crippen LogP contribution is -2.62. The molecule has 178 valence electrons. The van der Waals surface area contributed by atoms with Crippen molar-refractivity contribution in [3.63, 3.8) is 0 Å². The molecule has 35 heavy (non-hydrogen) atoms. The second-order valence-electron chi connectivity index (χ2n) is 10.5. The number of hydrogen-bond donors (Lipinski definition) is 2. The summed E-state index contributed by atoms with van der Waals surface area (Å²) < 4.78 is 7.01. The normalized spacial score (nSPS) is 30.0. The van der Waals surface area contributed by atoms with Crippen LogP contribution in [0.15, 0.2) is 81.6 Å². The van der Waals surface area contributed by atoms with E-state index in [0.29, 0.717) is 28.2 Å². The molecule has 2 aliphatic heterocycles. The second-order valence-corrected chi connectivity index (χ2v) is 11.7. The van der Waals surface area contributed by atoms with Crippen molar-refractivity contribution in [1.29, 1.82) is 0 Å². The molecule has 2 aromatic rings. The first-order chi connectivity index (χ1) is 16.6. The number of amides is 1. The van der Waals surface area contributed by atoms with Gasteiger partial charge in [-0.1, -0.05) is 60.7 Å². The van der Waals surface area contributed by atoms with Crippen LogP contribution in [0.4, 0.5) is 0 Å². The monoisotopic (exact) mass is 485 g/mol. The molecular weight excluding hydrogens is 458 g/mol. The van der Waals surface area contributed by atoms with Gasteiger partial charge < -0.3 is 15.2 Å². The lowest BCUT2D eigenvalue weighted by atomic mass is 9.52. The second kappa shape index (κ2) is 7.21. The quantitative estimate of drug-likeness (QED) is 0.606. The summed E-state index contributed by atoms with van der Waals surface area (Å²) in [6.07, 6.45) is 5.66. The maximum absolute atomic E-state index is 13.8. The molecule has 4 aliphatic rings. The average molecular weight is 486 g/mol. The fourth-order valence-electron chi connectivity index (χ4n) is 6.05. The SMILES string of the molecule is CC1=CC=C2C(C)(C)C(=O)C(Sc3ccccc3)=CC23Oc2c(ccc4c2C(O)NC4=O)CC13C. The third kappa shape index (κ3) is 2.87.